The number of hydrogen-bond donors (Lipinski definition) is 1. The van der Waals surface area contributed by atoms with E-state index < -0.39 is 0 Å². The van der Waals surface area contributed by atoms with Crippen LogP contribution in [0.2, 0.25) is 0 Å². The molecule has 20 heavy (non-hydrogen) atoms. The monoisotopic (exact) mass is 327 g/mol. The summed E-state index contributed by atoms with van der Waals surface area (Å²) in [4.78, 5) is 20.6. The van der Waals surface area contributed by atoms with Gasteiger partial charge in [-0.3, -0.25) is 14.9 Å². The van der Waals surface area contributed by atoms with Crippen molar-refractivity contribution in [2.24, 2.45) is 0 Å². The molecule has 0 aliphatic carbocycles. The largest absolute Gasteiger partial charge is 0.295 e. The third-order valence-corrected chi connectivity index (χ3v) is 3.88. The Balaban J connectivity index is 0.00000147. The molecule has 0 bridgehead atoms. The number of thioether (sulfide) groups is 1. The zero-order valence-electron chi connectivity index (χ0n) is 10.3. The van der Waals surface area contributed by atoms with Crippen molar-refractivity contribution in [3.63, 3.8) is 0 Å². The molecule has 9 heteroatoms. The number of hydrogen-bond acceptors (Lipinski definition) is 6. The first-order valence-electron chi connectivity index (χ1n) is 5.38. The summed E-state index contributed by atoms with van der Waals surface area (Å²) < 4.78 is 5.52. The van der Waals surface area contributed by atoms with Crippen LogP contribution in [-0.4, -0.2) is 30.4 Å². The van der Waals surface area contributed by atoms with Gasteiger partial charge in [0.25, 0.3) is 5.56 Å². The molecule has 3 aromatic heterocycles. The fraction of sp³-hybridized carbons (Fsp3) is 0.0909. The van der Waals surface area contributed by atoms with E-state index in [1.807, 2.05) is 12.3 Å². The minimum Gasteiger partial charge on any atom is -0.295 e. The molecule has 0 fully saturated rings. The van der Waals surface area contributed by atoms with Gasteiger partial charge in [0.05, 0.1) is 5.56 Å². The van der Waals surface area contributed by atoms with E-state index in [0.29, 0.717) is 15.9 Å². The fourth-order valence-electron chi connectivity index (χ4n) is 1.62. The fourth-order valence-corrected chi connectivity index (χ4v) is 2.81. The normalized spacial score (nSPS) is 10.2. The van der Waals surface area contributed by atoms with Gasteiger partial charge in [0, 0.05) is 35.7 Å². The lowest BCUT2D eigenvalue weighted by atomic mass is 10.2. The lowest BCUT2D eigenvalue weighted by Crippen LogP contribution is -2.15. The second-order valence-corrected chi connectivity index (χ2v) is 5.14. The molecule has 104 valence electrons. The van der Waals surface area contributed by atoms with Gasteiger partial charge in [0.2, 0.25) is 10.3 Å². The minimum atomic E-state index is -0.156. The van der Waals surface area contributed by atoms with Gasteiger partial charge in [0.15, 0.2) is 0 Å². The number of halogens is 1. The number of aromatic amines is 1. The molecule has 6 nitrogen and oxygen atoms in total. The Morgan fingerprint density at radius 2 is 2.30 bits per heavy atom. The maximum atomic E-state index is 12.3. The van der Waals surface area contributed by atoms with Crippen molar-refractivity contribution >= 4 is 35.7 Å². The third kappa shape index (κ3) is 2.62. The predicted octanol–water partition coefficient (Wildman–Crippen LogP) is 2.22. The van der Waals surface area contributed by atoms with Crippen LogP contribution in [0.5, 0.6) is 0 Å². The lowest BCUT2D eigenvalue weighted by Gasteiger charge is -1.94. The smallest absolute Gasteiger partial charge is 0.281 e. The number of aromatic nitrogens is 5. The molecule has 0 aliphatic heterocycles. The van der Waals surface area contributed by atoms with Crippen molar-refractivity contribution in [2.75, 3.05) is 6.26 Å². The maximum absolute atomic E-state index is 12.3. The molecule has 3 heterocycles. The van der Waals surface area contributed by atoms with Crippen LogP contribution in [0.25, 0.3) is 16.3 Å². The highest BCUT2D eigenvalue weighted by Crippen LogP contribution is 2.17. The summed E-state index contributed by atoms with van der Waals surface area (Å²) in [5.74, 6) is 0. The van der Waals surface area contributed by atoms with Gasteiger partial charge in [-0.1, -0.05) is 17.8 Å². The van der Waals surface area contributed by atoms with Crippen molar-refractivity contribution in [2.45, 2.75) is 5.16 Å². The number of nitrogens with zero attached hydrogens (tertiary/aromatic N) is 4. The van der Waals surface area contributed by atoms with Crippen LogP contribution >= 0.6 is 35.7 Å². The first kappa shape index (κ1) is 14.8. The van der Waals surface area contributed by atoms with Gasteiger partial charge < -0.3 is 0 Å². The molecule has 0 atom stereocenters. The van der Waals surface area contributed by atoms with Crippen LogP contribution in [-0.2, 0) is 0 Å². The third-order valence-electron chi connectivity index (χ3n) is 2.51. The van der Waals surface area contributed by atoms with E-state index in [4.69, 9.17) is 0 Å². The average Bonchev–Trinajstić information content (AvgIpc) is 3.06. The molecule has 0 radical (unpaired) electrons. The first-order valence-corrected chi connectivity index (χ1v) is 7.38. The van der Waals surface area contributed by atoms with Crippen LogP contribution in [0.1, 0.15) is 0 Å². The first-order chi connectivity index (χ1) is 9.29. The van der Waals surface area contributed by atoms with E-state index in [1.54, 1.807) is 24.7 Å². The summed E-state index contributed by atoms with van der Waals surface area (Å²) in [6.45, 7) is 0. The highest BCUT2D eigenvalue weighted by molar-refractivity contribution is 7.98. The van der Waals surface area contributed by atoms with Gasteiger partial charge in [-0.15, -0.1) is 12.4 Å². The molecule has 3 aromatic rings. The molecule has 0 amide bonds. The predicted molar refractivity (Wildman–Crippen MR) is 82.1 cm³/mol. The van der Waals surface area contributed by atoms with Crippen LogP contribution in [0.15, 0.2) is 40.7 Å². The molecule has 0 unspecified atom stereocenters. The SMILES string of the molecule is CSc1nsc(-n2[nH]cc(-c3cccnc3)c2=O)n1.Cl. The zero-order chi connectivity index (χ0) is 13.2. The molecule has 0 saturated carbocycles. The van der Waals surface area contributed by atoms with Crippen LogP contribution in [0, 0.1) is 0 Å². The highest BCUT2D eigenvalue weighted by atomic mass is 35.5. The Morgan fingerprint density at radius 3 is 2.95 bits per heavy atom. The minimum absolute atomic E-state index is 0. The van der Waals surface area contributed by atoms with E-state index in [-0.39, 0.29) is 18.0 Å². The van der Waals surface area contributed by atoms with Gasteiger partial charge >= 0.3 is 0 Å². The molecule has 0 aromatic carbocycles. The van der Waals surface area contributed by atoms with Crippen LogP contribution in [0.3, 0.4) is 0 Å². The molecule has 1 N–H and O–H groups in total. The molecule has 0 aliphatic rings. The van der Waals surface area contributed by atoms with Crippen molar-refractivity contribution < 1.29 is 0 Å². The van der Waals surface area contributed by atoms with Gasteiger partial charge in [-0.2, -0.15) is 14.0 Å². The van der Waals surface area contributed by atoms with Crippen LogP contribution < -0.4 is 5.56 Å². The Bertz CT molecular complexity index is 752. The lowest BCUT2D eigenvalue weighted by molar-refractivity contribution is 0.827. The molecule has 0 spiro atoms. The number of nitrogens with one attached hydrogen (secondary N) is 1. The molecule has 0 saturated heterocycles. The number of rotatable bonds is 3. The number of H-pyrrole nitrogens is 1. The Labute approximate surface area is 128 Å². The Morgan fingerprint density at radius 1 is 1.45 bits per heavy atom. The van der Waals surface area contributed by atoms with Crippen LogP contribution in [0.4, 0.5) is 0 Å². The summed E-state index contributed by atoms with van der Waals surface area (Å²) in [5, 5.41) is 4.09. The highest BCUT2D eigenvalue weighted by Gasteiger charge is 2.13. The zero-order valence-corrected chi connectivity index (χ0v) is 12.8. The summed E-state index contributed by atoms with van der Waals surface area (Å²) in [7, 11) is 0. The van der Waals surface area contributed by atoms with E-state index >= 15 is 0 Å². The molecular formula is C11H10ClN5OS2. The van der Waals surface area contributed by atoms with Gasteiger partial charge in [-0.25, -0.2) is 0 Å². The second-order valence-electron chi connectivity index (χ2n) is 3.63. The maximum Gasteiger partial charge on any atom is 0.281 e. The average molecular weight is 328 g/mol. The number of pyridine rings is 1. The van der Waals surface area contributed by atoms with E-state index in [1.165, 1.54) is 28.0 Å². The summed E-state index contributed by atoms with van der Waals surface area (Å²) >= 11 is 2.63. The Hall–Kier alpha value is -1.64. The summed E-state index contributed by atoms with van der Waals surface area (Å²) in [6, 6.07) is 3.64. The van der Waals surface area contributed by atoms with E-state index in [2.05, 4.69) is 19.4 Å². The second kappa shape index (κ2) is 6.21. The van der Waals surface area contributed by atoms with Gasteiger partial charge in [0.1, 0.15) is 0 Å². The van der Waals surface area contributed by atoms with E-state index in [0.717, 1.165) is 5.56 Å². The summed E-state index contributed by atoms with van der Waals surface area (Å²) in [5.41, 5.74) is 1.18. The Kier molecular flexibility index (Phi) is 4.58. The van der Waals surface area contributed by atoms with Gasteiger partial charge in [-0.05, 0) is 12.3 Å². The van der Waals surface area contributed by atoms with E-state index in [9.17, 15) is 4.79 Å². The standard InChI is InChI=1S/C11H9N5OS2.ClH/c1-18-10-14-11(19-15-10)16-9(17)8(6-13-16)7-3-2-4-12-5-7;/h2-6,13H,1H3;1H. The molecule has 3 rings (SSSR count). The topological polar surface area (TPSA) is 76.5 Å². The van der Waals surface area contributed by atoms with Crippen molar-refractivity contribution in [3.8, 4) is 16.3 Å². The van der Waals surface area contributed by atoms with Crippen molar-refractivity contribution in [3.05, 3.63) is 41.1 Å². The summed E-state index contributed by atoms with van der Waals surface area (Å²) in [6.07, 6.45) is 6.87. The van der Waals surface area contributed by atoms with Crippen molar-refractivity contribution in [1.29, 1.82) is 0 Å². The quantitative estimate of drug-likeness (QED) is 0.746. The molecular weight excluding hydrogens is 318 g/mol. The van der Waals surface area contributed by atoms with Crippen molar-refractivity contribution in [1.82, 2.24) is 24.1 Å².